The van der Waals surface area contributed by atoms with Crippen molar-refractivity contribution in [3.63, 3.8) is 0 Å². The van der Waals surface area contributed by atoms with E-state index in [1.165, 1.54) is 0 Å². The quantitative estimate of drug-likeness (QED) is 0.0987. The Labute approximate surface area is 335 Å². The van der Waals surface area contributed by atoms with Gasteiger partial charge in [0.25, 0.3) is 47.3 Å². The van der Waals surface area contributed by atoms with E-state index in [0.717, 1.165) is 0 Å². The third-order valence-corrected chi connectivity index (χ3v) is 12.5. The van der Waals surface area contributed by atoms with Crippen LogP contribution in [0.4, 0.5) is 0 Å². The number of carbonyl (C=O) groups excluding carboxylic acids is 8. The molecule has 4 heterocycles. The molecule has 8 amide bonds. The van der Waals surface area contributed by atoms with Crippen molar-refractivity contribution in [2.24, 2.45) is 0 Å². The summed E-state index contributed by atoms with van der Waals surface area (Å²) < 4.78 is 0. The maximum absolute atomic E-state index is 14.5. The first kappa shape index (κ1) is 32.4. The summed E-state index contributed by atoms with van der Waals surface area (Å²) in [7, 11) is 0. The highest BCUT2D eigenvalue weighted by atomic mass is 16.2. The van der Waals surface area contributed by atoms with Gasteiger partial charge in [0.2, 0.25) is 0 Å². The van der Waals surface area contributed by atoms with Gasteiger partial charge in [0.05, 0.1) is 44.5 Å². The molecule has 12 heteroatoms. The lowest BCUT2D eigenvalue weighted by atomic mass is 9.82. The molecule has 0 N–H and O–H groups in total. The van der Waals surface area contributed by atoms with E-state index >= 15 is 0 Å². The monoisotopic (exact) mass is 780 g/mol. The summed E-state index contributed by atoms with van der Waals surface area (Å²) in [5.74, 6) is -6.59. The Kier molecular flexibility index (Phi) is 5.76. The fourth-order valence-corrected chi connectivity index (χ4v) is 10.0. The number of rotatable bonds is 2. The third kappa shape index (κ3) is 3.59. The van der Waals surface area contributed by atoms with E-state index in [4.69, 9.17) is 0 Å². The van der Waals surface area contributed by atoms with Gasteiger partial charge in [-0.2, -0.15) is 20.0 Å². The first-order valence-corrected chi connectivity index (χ1v) is 18.9. The third-order valence-electron chi connectivity index (χ3n) is 12.5. The zero-order valence-corrected chi connectivity index (χ0v) is 30.6. The lowest BCUT2D eigenvalue weighted by molar-refractivity contribution is 0.00212. The highest BCUT2D eigenvalue weighted by Gasteiger charge is 2.48. The van der Waals surface area contributed by atoms with Gasteiger partial charge in [-0.3, -0.25) is 38.4 Å². The highest BCUT2D eigenvalue weighted by molar-refractivity contribution is 6.42. The van der Waals surface area contributed by atoms with E-state index < -0.39 is 47.3 Å². The van der Waals surface area contributed by atoms with Crippen LogP contribution in [-0.2, 0) is 0 Å². The summed E-state index contributed by atoms with van der Waals surface area (Å²) in [6, 6.07) is 33.1. The van der Waals surface area contributed by atoms with E-state index in [1.807, 2.05) is 0 Å². The van der Waals surface area contributed by atoms with E-state index in [2.05, 4.69) is 0 Å². The molecular weight excluding hydrogens is 761 g/mol. The van der Waals surface area contributed by atoms with Crippen molar-refractivity contribution in [3.8, 4) is 0 Å². The predicted octanol–water partition coefficient (Wildman–Crippen LogP) is 7.66. The fraction of sp³-hybridized carbons (Fsp3) is 0. The number of hydrogen-bond acceptors (Lipinski definition) is 8. The van der Waals surface area contributed by atoms with Gasteiger partial charge in [0.1, 0.15) is 0 Å². The largest absolute Gasteiger partial charge is 0.281 e. The normalized spacial score (nSPS) is 16.1. The molecule has 4 aliphatic heterocycles. The Morgan fingerprint density at radius 3 is 0.667 bits per heavy atom. The molecule has 9 aromatic carbocycles. The molecule has 0 aromatic heterocycles. The summed E-state index contributed by atoms with van der Waals surface area (Å²) >= 11 is 0. The van der Waals surface area contributed by atoms with Crippen molar-refractivity contribution in [2.75, 3.05) is 0 Å². The fourth-order valence-electron chi connectivity index (χ4n) is 10.0. The number of amides is 8. The van der Waals surface area contributed by atoms with Crippen LogP contribution in [0.2, 0.25) is 0 Å². The Morgan fingerprint density at radius 1 is 0.217 bits per heavy atom. The minimum atomic E-state index is -0.850. The van der Waals surface area contributed by atoms with Crippen molar-refractivity contribution in [3.05, 3.63) is 166 Å². The Morgan fingerprint density at radius 2 is 0.433 bits per heavy atom. The van der Waals surface area contributed by atoms with Crippen LogP contribution in [0.3, 0.4) is 0 Å². The number of nitrogens with zero attached hydrogens (tertiary/aromatic N) is 4. The van der Waals surface area contributed by atoms with Crippen LogP contribution in [0.5, 0.6) is 0 Å². The van der Waals surface area contributed by atoms with Gasteiger partial charge in [-0.25, -0.2) is 0 Å². The number of hydrazine groups is 2. The molecular formula is C48H20N4O8. The van der Waals surface area contributed by atoms with E-state index in [0.29, 0.717) is 84.7 Å². The van der Waals surface area contributed by atoms with Crippen molar-refractivity contribution < 1.29 is 38.4 Å². The maximum atomic E-state index is 14.5. The van der Waals surface area contributed by atoms with Gasteiger partial charge in [0.15, 0.2) is 0 Å². The summed E-state index contributed by atoms with van der Waals surface area (Å²) in [4.78, 5) is 114. The zero-order valence-electron chi connectivity index (χ0n) is 30.6. The molecule has 0 fully saturated rings. The first-order chi connectivity index (χ1) is 29.2. The van der Waals surface area contributed by atoms with Gasteiger partial charge >= 0.3 is 0 Å². The molecule has 0 saturated carbocycles. The van der Waals surface area contributed by atoms with E-state index in [1.54, 1.807) is 121 Å². The van der Waals surface area contributed by atoms with Gasteiger partial charge in [0, 0.05) is 21.5 Å². The summed E-state index contributed by atoms with van der Waals surface area (Å²) in [5.41, 5.74) is 1.16. The molecule has 13 rings (SSSR count). The summed E-state index contributed by atoms with van der Waals surface area (Å²) in [6.45, 7) is 0. The van der Waals surface area contributed by atoms with Gasteiger partial charge in [-0.15, -0.1) is 0 Å². The lowest BCUT2D eigenvalue weighted by Crippen LogP contribution is -2.58. The second-order valence-electron chi connectivity index (χ2n) is 15.2. The maximum Gasteiger partial charge on any atom is 0.281 e. The Balaban J connectivity index is 0.963. The van der Waals surface area contributed by atoms with Crippen molar-refractivity contribution >= 4 is 112 Å². The van der Waals surface area contributed by atoms with Crippen LogP contribution in [0.1, 0.15) is 82.9 Å². The van der Waals surface area contributed by atoms with E-state index in [-0.39, 0.29) is 44.5 Å². The van der Waals surface area contributed by atoms with E-state index in [9.17, 15) is 38.4 Å². The molecule has 12 nitrogen and oxygen atoms in total. The van der Waals surface area contributed by atoms with Crippen LogP contribution >= 0.6 is 0 Å². The molecule has 280 valence electrons. The lowest BCUT2D eigenvalue weighted by Gasteiger charge is -2.37. The Bertz CT molecular complexity index is 3290. The van der Waals surface area contributed by atoms with Crippen LogP contribution < -0.4 is 0 Å². The van der Waals surface area contributed by atoms with Crippen molar-refractivity contribution in [2.45, 2.75) is 0 Å². The van der Waals surface area contributed by atoms with Crippen LogP contribution in [0, 0.1) is 0 Å². The average molecular weight is 781 g/mol. The smallest absolute Gasteiger partial charge is 0.267 e. The summed E-state index contributed by atoms with van der Waals surface area (Å²) in [6.07, 6.45) is 0. The van der Waals surface area contributed by atoms with Crippen LogP contribution in [-0.4, -0.2) is 67.3 Å². The molecule has 0 spiro atoms. The number of carbonyl (C=O) groups is 8. The zero-order chi connectivity index (χ0) is 40.6. The van der Waals surface area contributed by atoms with Crippen LogP contribution in [0.25, 0.3) is 64.6 Å². The second-order valence-corrected chi connectivity index (χ2v) is 15.2. The van der Waals surface area contributed by atoms with Crippen molar-refractivity contribution in [1.29, 1.82) is 0 Å². The standard InChI is InChI=1S/C48H20N4O8/c53-41-27-9-1-5-21-6-2-10-28(35(21)27)42(54)49(41)51-45(57)31-17-13-23-25-15-19-33-40-34(20-16-26(38(25)40)24-14-18-32(46(51)58)39(31)37(23)24)48(60)52(47(33)59)50-43(55)29-11-3-7-22-8-4-12-30(36(22)29)44(50)56/h1-20H. The number of imide groups is 4. The highest BCUT2D eigenvalue weighted by Crippen LogP contribution is 2.47. The molecule has 0 saturated heterocycles. The molecule has 0 radical (unpaired) electrons. The van der Waals surface area contributed by atoms with Gasteiger partial charge in [-0.05, 0) is 91.6 Å². The first-order valence-electron chi connectivity index (χ1n) is 18.9. The minimum Gasteiger partial charge on any atom is -0.267 e. The predicted molar refractivity (Wildman–Crippen MR) is 218 cm³/mol. The second kappa shape index (κ2) is 10.6. The molecule has 60 heavy (non-hydrogen) atoms. The number of fused-ring (bicyclic) bond motifs is 2. The molecule has 0 unspecified atom stereocenters. The Hall–Kier alpha value is -8.64. The number of benzene rings is 9. The summed E-state index contributed by atoms with van der Waals surface area (Å²) in [5, 5.41) is 9.06. The molecule has 4 aliphatic rings. The SMILES string of the molecule is O=C1c2cccc3cccc(c23)C(=O)N1N1C(=O)c2ccc3c4ccc5c6c(ccc(c7ccc(c2c37)C1=O)c64)C(=O)N(N1C(=O)c2cccc3cccc(c23)C1=O)C5=O. The van der Waals surface area contributed by atoms with Gasteiger partial charge < -0.3 is 0 Å². The topological polar surface area (TPSA) is 150 Å². The molecule has 0 aliphatic carbocycles. The molecule has 0 bridgehead atoms. The van der Waals surface area contributed by atoms with Gasteiger partial charge in [-0.1, -0.05) is 72.8 Å². The minimum absolute atomic E-state index is 0.103. The van der Waals surface area contributed by atoms with Crippen molar-refractivity contribution in [1.82, 2.24) is 20.0 Å². The molecule has 0 atom stereocenters. The molecule has 9 aromatic rings. The number of hydrogen-bond donors (Lipinski definition) is 0. The van der Waals surface area contributed by atoms with Crippen LogP contribution in [0.15, 0.2) is 121 Å². The average Bonchev–Trinajstić information content (AvgIpc) is 3.27.